The normalized spacial score (nSPS) is 14.6. The van der Waals surface area contributed by atoms with Crippen molar-refractivity contribution in [1.29, 1.82) is 0 Å². The second-order valence-corrected chi connectivity index (χ2v) is 7.75. The van der Waals surface area contributed by atoms with Crippen LogP contribution in [0.4, 0.5) is 11.5 Å². The van der Waals surface area contributed by atoms with Gasteiger partial charge in [0.1, 0.15) is 5.82 Å². The van der Waals surface area contributed by atoms with Crippen molar-refractivity contribution in [1.82, 2.24) is 9.88 Å². The van der Waals surface area contributed by atoms with E-state index in [-0.39, 0.29) is 11.8 Å². The molecule has 6 nitrogen and oxygen atoms in total. The van der Waals surface area contributed by atoms with Gasteiger partial charge >= 0.3 is 0 Å². The summed E-state index contributed by atoms with van der Waals surface area (Å²) in [6, 6.07) is 7.42. The number of piperazine rings is 1. The third-order valence-electron chi connectivity index (χ3n) is 4.29. The Kier molecular flexibility index (Phi) is 5.88. The van der Waals surface area contributed by atoms with E-state index in [4.69, 9.17) is 0 Å². The fourth-order valence-corrected chi connectivity index (χ4v) is 3.53. The van der Waals surface area contributed by atoms with Crippen LogP contribution in [-0.2, 0) is 4.79 Å². The van der Waals surface area contributed by atoms with E-state index in [9.17, 15) is 9.59 Å². The van der Waals surface area contributed by atoms with Crippen LogP contribution >= 0.6 is 11.3 Å². The number of carbonyl (C=O) groups is 2. The molecule has 1 aliphatic heterocycles. The molecule has 0 spiro atoms. The molecule has 0 saturated carbocycles. The number of nitrogens with zero attached hydrogens (tertiary/aromatic N) is 3. The molecule has 0 aromatic carbocycles. The van der Waals surface area contributed by atoms with Gasteiger partial charge in [-0.25, -0.2) is 4.98 Å². The van der Waals surface area contributed by atoms with Crippen molar-refractivity contribution < 1.29 is 9.59 Å². The highest BCUT2D eigenvalue weighted by molar-refractivity contribution is 7.12. The van der Waals surface area contributed by atoms with E-state index in [1.54, 1.807) is 12.3 Å². The SMILES string of the molecule is CC(C)CC(=O)N1CCN(c2ccc(NC(=O)c3cccs3)cn2)CC1. The first kappa shape index (κ1) is 18.4. The second-order valence-electron chi connectivity index (χ2n) is 6.80. The molecule has 0 bridgehead atoms. The van der Waals surface area contributed by atoms with Gasteiger partial charge in [-0.1, -0.05) is 19.9 Å². The van der Waals surface area contributed by atoms with E-state index in [2.05, 4.69) is 29.0 Å². The second kappa shape index (κ2) is 8.31. The van der Waals surface area contributed by atoms with Gasteiger partial charge in [-0.05, 0) is 29.5 Å². The first-order valence-corrected chi connectivity index (χ1v) is 9.74. The summed E-state index contributed by atoms with van der Waals surface area (Å²) in [5, 5.41) is 4.73. The molecular formula is C19H24N4O2S. The number of hydrogen-bond donors (Lipinski definition) is 1. The van der Waals surface area contributed by atoms with Crippen LogP contribution in [0.5, 0.6) is 0 Å². The van der Waals surface area contributed by atoms with Gasteiger partial charge in [0.2, 0.25) is 5.91 Å². The molecule has 2 aromatic rings. The highest BCUT2D eigenvalue weighted by Crippen LogP contribution is 2.18. The van der Waals surface area contributed by atoms with Gasteiger partial charge in [-0.3, -0.25) is 9.59 Å². The maximum Gasteiger partial charge on any atom is 0.265 e. The van der Waals surface area contributed by atoms with Gasteiger partial charge in [0.05, 0.1) is 16.8 Å². The van der Waals surface area contributed by atoms with Crippen LogP contribution < -0.4 is 10.2 Å². The number of carbonyl (C=O) groups excluding carboxylic acids is 2. The zero-order valence-corrected chi connectivity index (χ0v) is 16.0. The molecule has 0 radical (unpaired) electrons. The highest BCUT2D eigenvalue weighted by atomic mass is 32.1. The maximum atomic E-state index is 12.1. The van der Waals surface area contributed by atoms with Crippen LogP contribution in [0.1, 0.15) is 29.9 Å². The van der Waals surface area contributed by atoms with Crippen LogP contribution in [-0.4, -0.2) is 47.9 Å². The van der Waals surface area contributed by atoms with Gasteiger partial charge in [0, 0.05) is 32.6 Å². The molecule has 7 heteroatoms. The smallest absolute Gasteiger partial charge is 0.265 e. The number of rotatable bonds is 5. The fraction of sp³-hybridized carbons (Fsp3) is 0.421. The first-order valence-electron chi connectivity index (χ1n) is 8.86. The van der Waals surface area contributed by atoms with Crippen molar-refractivity contribution in [2.45, 2.75) is 20.3 Å². The summed E-state index contributed by atoms with van der Waals surface area (Å²) in [7, 11) is 0. The number of aromatic nitrogens is 1. The molecule has 26 heavy (non-hydrogen) atoms. The van der Waals surface area contributed by atoms with Crippen LogP contribution in [0.2, 0.25) is 0 Å². The molecule has 1 aliphatic rings. The highest BCUT2D eigenvalue weighted by Gasteiger charge is 2.22. The van der Waals surface area contributed by atoms with E-state index in [1.807, 2.05) is 28.5 Å². The third-order valence-corrected chi connectivity index (χ3v) is 5.16. The molecule has 1 fully saturated rings. The lowest BCUT2D eigenvalue weighted by Gasteiger charge is -2.35. The number of amides is 2. The summed E-state index contributed by atoms with van der Waals surface area (Å²) in [6.07, 6.45) is 2.29. The van der Waals surface area contributed by atoms with Crippen molar-refractivity contribution in [2.24, 2.45) is 5.92 Å². The Morgan fingerprint density at radius 3 is 2.54 bits per heavy atom. The van der Waals surface area contributed by atoms with Crippen molar-refractivity contribution in [2.75, 3.05) is 36.4 Å². The number of pyridine rings is 1. The molecule has 2 aromatic heterocycles. The minimum atomic E-state index is -0.119. The number of anilines is 2. The Bertz CT molecular complexity index is 735. The van der Waals surface area contributed by atoms with Crippen molar-refractivity contribution in [3.05, 3.63) is 40.7 Å². The Morgan fingerprint density at radius 1 is 1.19 bits per heavy atom. The monoisotopic (exact) mass is 372 g/mol. The summed E-state index contributed by atoms with van der Waals surface area (Å²) in [5.74, 6) is 1.38. The van der Waals surface area contributed by atoms with Crippen molar-refractivity contribution >= 4 is 34.7 Å². The fourth-order valence-electron chi connectivity index (χ4n) is 2.91. The Morgan fingerprint density at radius 2 is 1.96 bits per heavy atom. The predicted octanol–water partition coefficient (Wildman–Crippen LogP) is 3.09. The zero-order chi connectivity index (χ0) is 18.5. The number of hydrogen-bond acceptors (Lipinski definition) is 5. The van der Waals surface area contributed by atoms with E-state index in [0.717, 1.165) is 32.0 Å². The standard InChI is InChI=1S/C19H24N4O2S/c1-14(2)12-18(24)23-9-7-22(8-10-23)17-6-5-15(13-20-17)21-19(25)16-4-3-11-26-16/h3-6,11,13-14H,7-10,12H2,1-2H3,(H,21,25). The largest absolute Gasteiger partial charge is 0.353 e. The summed E-state index contributed by atoms with van der Waals surface area (Å²) < 4.78 is 0. The molecular weight excluding hydrogens is 348 g/mol. The lowest BCUT2D eigenvalue weighted by atomic mass is 10.1. The summed E-state index contributed by atoms with van der Waals surface area (Å²) in [5.41, 5.74) is 0.679. The average Bonchev–Trinajstić information content (AvgIpc) is 3.17. The van der Waals surface area contributed by atoms with E-state index >= 15 is 0 Å². The van der Waals surface area contributed by atoms with Gasteiger partial charge in [0.15, 0.2) is 0 Å². The van der Waals surface area contributed by atoms with Gasteiger partial charge in [0.25, 0.3) is 5.91 Å². The Hall–Kier alpha value is -2.41. The molecule has 1 saturated heterocycles. The molecule has 2 amide bonds. The number of nitrogens with one attached hydrogen (secondary N) is 1. The summed E-state index contributed by atoms with van der Waals surface area (Å²) >= 11 is 1.41. The van der Waals surface area contributed by atoms with Gasteiger partial charge in [-0.2, -0.15) is 0 Å². The number of thiophene rings is 1. The minimum Gasteiger partial charge on any atom is -0.353 e. The molecule has 138 valence electrons. The summed E-state index contributed by atoms with van der Waals surface area (Å²) in [4.78, 5) is 33.5. The van der Waals surface area contributed by atoms with Crippen molar-refractivity contribution in [3.63, 3.8) is 0 Å². The third kappa shape index (κ3) is 4.60. The van der Waals surface area contributed by atoms with Gasteiger partial charge < -0.3 is 15.1 Å². The lowest BCUT2D eigenvalue weighted by Crippen LogP contribution is -2.49. The van der Waals surface area contributed by atoms with Crippen molar-refractivity contribution in [3.8, 4) is 0 Å². The molecule has 1 N–H and O–H groups in total. The molecule has 0 unspecified atom stereocenters. The Balaban J connectivity index is 1.53. The van der Waals surface area contributed by atoms with Gasteiger partial charge in [-0.15, -0.1) is 11.3 Å². The molecule has 0 aliphatic carbocycles. The van der Waals surface area contributed by atoms with Crippen LogP contribution in [0.15, 0.2) is 35.8 Å². The van der Waals surface area contributed by atoms with E-state index in [0.29, 0.717) is 22.9 Å². The quantitative estimate of drug-likeness (QED) is 0.876. The predicted molar refractivity (Wildman–Crippen MR) is 105 cm³/mol. The minimum absolute atomic E-state index is 0.119. The van der Waals surface area contributed by atoms with Crippen LogP contribution in [0, 0.1) is 5.92 Å². The van der Waals surface area contributed by atoms with Crippen LogP contribution in [0.25, 0.3) is 0 Å². The first-order chi connectivity index (χ1) is 12.5. The maximum absolute atomic E-state index is 12.1. The van der Waals surface area contributed by atoms with E-state index < -0.39 is 0 Å². The van der Waals surface area contributed by atoms with E-state index in [1.165, 1.54) is 11.3 Å². The topological polar surface area (TPSA) is 65.5 Å². The molecule has 0 atom stereocenters. The Labute approximate surface area is 157 Å². The average molecular weight is 372 g/mol. The molecule has 3 heterocycles. The van der Waals surface area contributed by atoms with Crippen LogP contribution in [0.3, 0.4) is 0 Å². The molecule has 3 rings (SSSR count). The zero-order valence-electron chi connectivity index (χ0n) is 15.1. The lowest BCUT2D eigenvalue weighted by molar-refractivity contribution is -0.132. The summed E-state index contributed by atoms with van der Waals surface area (Å²) in [6.45, 7) is 7.14.